The van der Waals surface area contributed by atoms with E-state index in [4.69, 9.17) is 0 Å². The van der Waals surface area contributed by atoms with Crippen LogP contribution in [0.15, 0.2) is 0 Å². The van der Waals surface area contributed by atoms with Crippen LogP contribution in [-0.2, 0) is 42.1 Å². The van der Waals surface area contributed by atoms with Crippen LogP contribution in [0, 0.1) is 0 Å². The Bertz CT molecular complexity index is 4.00. The standard InChI is InChI=1S/H2S2.2W/c1-2;;/h1-2H;;. The summed E-state index contributed by atoms with van der Waals surface area (Å²) in [6.45, 7) is 0. The van der Waals surface area contributed by atoms with Gasteiger partial charge in [0.05, 0.1) is 0 Å². The van der Waals surface area contributed by atoms with Crippen molar-refractivity contribution in [3.05, 3.63) is 0 Å². The molecule has 0 aliphatic carbocycles. The van der Waals surface area contributed by atoms with Gasteiger partial charge in [0.1, 0.15) is 0 Å². The van der Waals surface area contributed by atoms with Gasteiger partial charge in [-0.2, -0.15) is 0 Å². The van der Waals surface area contributed by atoms with Gasteiger partial charge in [-0.3, -0.25) is 0 Å². The van der Waals surface area contributed by atoms with Crippen LogP contribution in [0.3, 0.4) is 0 Å². The second kappa shape index (κ2) is 19.6. The van der Waals surface area contributed by atoms with Gasteiger partial charge >= 0.3 is 0 Å². The van der Waals surface area contributed by atoms with Crippen LogP contribution in [0.2, 0.25) is 0 Å². The topological polar surface area (TPSA) is 0 Å². The molecule has 0 unspecified atom stereocenters. The van der Waals surface area contributed by atoms with E-state index in [2.05, 4.69) is 23.3 Å². The Morgan fingerprint density at radius 2 is 0.750 bits per heavy atom. The average Bonchev–Trinajstić information content (AvgIpc) is 1.00. The molecule has 0 N–H and O–H groups in total. The number of hydrogen-bond acceptors (Lipinski definition) is 2. The van der Waals surface area contributed by atoms with Crippen molar-refractivity contribution in [1.29, 1.82) is 0 Å². The fourth-order valence-corrected chi connectivity index (χ4v) is 0. The van der Waals surface area contributed by atoms with Crippen molar-refractivity contribution < 1.29 is 42.1 Å². The largest absolute Gasteiger partial charge is 0.115 e. The maximum Gasteiger partial charge on any atom is 0 e. The Balaban J connectivity index is -0.00000000500. The Hall–Kier alpha value is 2.08. The predicted octanol–water partition coefficient (Wildman–Crippen LogP) is 0.756. The van der Waals surface area contributed by atoms with Crippen molar-refractivity contribution >= 4 is 23.3 Å². The monoisotopic (exact) mass is 434 g/mol. The van der Waals surface area contributed by atoms with Crippen molar-refractivity contribution in [1.82, 2.24) is 0 Å². The zero-order valence-corrected chi connectivity index (χ0v) is 9.37. The van der Waals surface area contributed by atoms with E-state index in [0.717, 1.165) is 0 Å². The summed E-state index contributed by atoms with van der Waals surface area (Å²) < 4.78 is 0. The minimum absolute atomic E-state index is 0. The van der Waals surface area contributed by atoms with Crippen LogP contribution in [0.25, 0.3) is 0 Å². The normalized spacial score (nSPS) is 1.50. The Morgan fingerprint density at radius 1 is 0.750 bits per heavy atom. The molecule has 0 saturated heterocycles. The molecule has 0 amide bonds. The number of hydrogen-bond donors (Lipinski definition) is 2. The van der Waals surface area contributed by atoms with Crippen LogP contribution in [0.5, 0.6) is 0 Å². The molecule has 0 aromatic heterocycles. The van der Waals surface area contributed by atoms with Gasteiger partial charge in [-0.25, -0.2) is 0 Å². The van der Waals surface area contributed by atoms with E-state index in [9.17, 15) is 0 Å². The molecule has 4 heavy (non-hydrogen) atoms. The van der Waals surface area contributed by atoms with Crippen molar-refractivity contribution in [2.45, 2.75) is 0 Å². The molecule has 0 aliphatic heterocycles. The number of thiol groups is 2. The molecule has 0 saturated carbocycles. The molecule has 0 aliphatic rings. The first-order valence-corrected chi connectivity index (χ1v) is 1.80. The summed E-state index contributed by atoms with van der Waals surface area (Å²) in [6.07, 6.45) is 0. The summed E-state index contributed by atoms with van der Waals surface area (Å²) in [5, 5.41) is 0. The first kappa shape index (κ1) is 16.5. The van der Waals surface area contributed by atoms with Crippen LogP contribution < -0.4 is 0 Å². The van der Waals surface area contributed by atoms with Gasteiger partial charge in [0.15, 0.2) is 0 Å². The maximum atomic E-state index is 3.22. The van der Waals surface area contributed by atoms with Crippen LogP contribution in [0.4, 0.5) is 0 Å². The molecule has 0 heterocycles. The molecule has 0 rings (SSSR count). The fourth-order valence-electron chi connectivity index (χ4n) is 0. The molecule has 4 heteroatoms. The first-order valence-electron chi connectivity index (χ1n) is 0.200. The smallest absolute Gasteiger partial charge is 0 e. The van der Waals surface area contributed by atoms with Gasteiger partial charge in [-0.1, -0.05) is 0 Å². The van der Waals surface area contributed by atoms with Crippen molar-refractivity contribution in [2.24, 2.45) is 0 Å². The molecule has 0 fully saturated rings. The predicted molar refractivity (Wildman–Crippen MR) is 18.0 cm³/mol. The SMILES string of the molecule is SS.[W].[W]. The first-order chi connectivity index (χ1) is 1.00. The van der Waals surface area contributed by atoms with E-state index < -0.39 is 0 Å². The minimum Gasteiger partial charge on any atom is -0.115 e. The van der Waals surface area contributed by atoms with E-state index >= 15 is 0 Å². The third-order valence-electron chi connectivity index (χ3n) is 0. The zero-order valence-electron chi connectivity index (χ0n) is 1.71. The molecule has 26 valence electrons. The average molecular weight is 434 g/mol. The summed E-state index contributed by atoms with van der Waals surface area (Å²) in [7, 11) is 0. The van der Waals surface area contributed by atoms with Crippen LogP contribution in [0.1, 0.15) is 0 Å². The molecule has 0 aromatic rings. The Kier molecular flexibility index (Phi) is 80.9. The second-order valence-electron chi connectivity index (χ2n) is 0. The van der Waals surface area contributed by atoms with E-state index in [1.165, 1.54) is 0 Å². The molecule has 0 spiro atoms. The molecule has 0 atom stereocenters. The van der Waals surface area contributed by atoms with Gasteiger partial charge in [-0.15, -0.1) is 23.3 Å². The zero-order chi connectivity index (χ0) is 2.00. The summed E-state index contributed by atoms with van der Waals surface area (Å²) >= 11 is 6.44. The van der Waals surface area contributed by atoms with Crippen molar-refractivity contribution in [2.75, 3.05) is 0 Å². The van der Waals surface area contributed by atoms with Gasteiger partial charge in [-0.05, 0) is 0 Å². The van der Waals surface area contributed by atoms with Crippen LogP contribution in [-0.4, -0.2) is 0 Å². The second-order valence-corrected chi connectivity index (χ2v) is 0. The van der Waals surface area contributed by atoms with Crippen LogP contribution >= 0.6 is 23.3 Å². The summed E-state index contributed by atoms with van der Waals surface area (Å²) in [5.74, 6) is 0. The third-order valence-corrected chi connectivity index (χ3v) is 0. The van der Waals surface area contributed by atoms with Gasteiger partial charge in [0.2, 0.25) is 0 Å². The van der Waals surface area contributed by atoms with E-state index in [-0.39, 0.29) is 42.1 Å². The number of rotatable bonds is 0. The molecule has 0 aromatic carbocycles. The molecular weight excluding hydrogens is 432 g/mol. The van der Waals surface area contributed by atoms with Gasteiger partial charge < -0.3 is 0 Å². The molecular formula is H2S2W2. The molecule has 0 nitrogen and oxygen atoms in total. The summed E-state index contributed by atoms with van der Waals surface area (Å²) in [5.41, 5.74) is 0. The summed E-state index contributed by atoms with van der Waals surface area (Å²) in [6, 6.07) is 0. The molecule has 0 radical (unpaired) electrons. The maximum absolute atomic E-state index is 3.22. The van der Waals surface area contributed by atoms with E-state index in [0.29, 0.717) is 0 Å². The Labute approximate surface area is 64.9 Å². The Morgan fingerprint density at radius 3 is 0.750 bits per heavy atom. The fraction of sp³-hybridized carbons (Fsp3) is 0. The quantitative estimate of drug-likeness (QED) is 0.409. The van der Waals surface area contributed by atoms with E-state index in [1.807, 2.05) is 0 Å². The van der Waals surface area contributed by atoms with Gasteiger partial charge in [0.25, 0.3) is 0 Å². The minimum atomic E-state index is 0. The van der Waals surface area contributed by atoms with Crippen molar-refractivity contribution in [3.8, 4) is 0 Å². The molecule has 0 bridgehead atoms. The van der Waals surface area contributed by atoms with Gasteiger partial charge in [0, 0.05) is 42.1 Å². The summed E-state index contributed by atoms with van der Waals surface area (Å²) in [4.78, 5) is 0. The van der Waals surface area contributed by atoms with Crippen molar-refractivity contribution in [3.63, 3.8) is 0 Å². The third kappa shape index (κ3) is 8.95. The van der Waals surface area contributed by atoms with E-state index in [1.54, 1.807) is 0 Å².